The predicted molar refractivity (Wildman–Crippen MR) is 126 cm³/mol. The lowest BCUT2D eigenvalue weighted by Gasteiger charge is -2.10. The van der Waals surface area contributed by atoms with Crippen LogP contribution in [0.25, 0.3) is 13.2 Å². The Balaban J connectivity index is 2.67. The van der Waals surface area contributed by atoms with Crippen LogP contribution >= 0.6 is 0 Å². The molecular weight excluding hydrogens is 356 g/mol. The van der Waals surface area contributed by atoms with Crippen molar-refractivity contribution in [3.05, 3.63) is 119 Å². The highest BCUT2D eigenvalue weighted by atomic mass is 16.5. The highest BCUT2D eigenvalue weighted by Crippen LogP contribution is 2.13. The van der Waals surface area contributed by atoms with Crippen LogP contribution in [0.1, 0.15) is 17.5 Å². The number of ether oxygens (including phenoxy) is 1. The molecule has 0 unspecified atom stereocenters. The molecule has 3 nitrogen and oxygen atoms in total. The molecule has 0 saturated carbocycles. The minimum Gasteiger partial charge on any atom is -0.456 e. The monoisotopic (exact) mass is 382 g/mol. The Hall–Kier alpha value is -3.72. The van der Waals surface area contributed by atoms with Crippen LogP contribution in [0.2, 0.25) is 0 Å². The second-order valence-electron chi connectivity index (χ2n) is 6.58. The van der Waals surface area contributed by atoms with Gasteiger partial charge in [0, 0.05) is 17.7 Å². The number of nitrogens with zero attached hydrogens (tertiary/aromatic N) is 2. The van der Waals surface area contributed by atoms with Crippen molar-refractivity contribution >= 4 is 25.2 Å². The third-order valence-corrected chi connectivity index (χ3v) is 3.89. The molecule has 0 saturated heterocycles. The predicted octanol–water partition coefficient (Wildman–Crippen LogP) is 4.83. The van der Waals surface area contributed by atoms with Crippen LogP contribution in [0, 0.1) is 6.92 Å². The molecule has 0 atom stereocenters. The van der Waals surface area contributed by atoms with Crippen molar-refractivity contribution in [3.8, 4) is 0 Å². The molecule has 0 radical (unpaired) electrons. The third-order valence-electron chi connectivity index (χ3n) is 3.89. The Kier molecular flexibility index (Phi) is 7.87. The van der Waals surface area contributed by atoms with Crippen LogP contribution in [0.15, 0.2) is 108 Å². The molecular formula is C26H26N2O. The van der Waals surface area contributed by atoms with Crippen LogP contribution in [-0.4, -0.2) is 12.1 Å². The Morgan fingerprint density at radius 1 is 0.897 bits per heavy atom. The Bertz CT molecular complexity index is 1100. The van der Waals surface area contributed by atoms with Crippen LogP contribution in [0.5, 0.6) is 0 Å². The molecule has 1 aliphatic rings. The SMILES string of the molecule is C=C1C/C=C\C=C/C(=C)OC(=C)C(c2ccc(=C)ccc(C)cc(=C)c2)=NC=N1. The zero-order chi connectivity index (χ0) is 21.2. The van der Waals surface area contributed by atoms with Gasteiger partial charge in [-0.15, -0.1) is 0 Å². The first kappa shape index (κ1) is 21.6. The Morgan fingerprint density at radius 3 is 2.45 bits per heavy atom. The number of aryl methyl sites for hydroxylation is 1. The minimum atomic E-state index is 0.350. The zero-order valence-electron chi connectivity index (χ0n) is 16.9. The van der Waals surface area contributed by atoms with Crippen LogP contribution in [0.3, 0.4) is 0 Å². The van der Waals surface area contributed by atoms with Gasteiger partial charge in [-0.1, -0.05) is 87.0 Å². The second kappa shape index (κ2) is 10.6. The van der Waals surface area contributed by atoms with Gasteiger partial charge < -0.3 is 4.74 Å². The fourth-order valence-corrected chi connectivity index (χ4v) is 2.48. The lowest BCUT2D eigenvalue weighted by molar-refractivity contribution is 0.349. The maximum absolute atomic E-state index is 5.79. The van der Waals surface area contributed by atoms with Gasteiger partial charge in [0.15, 0.2) is 0 Å². The first-order chi connectivity index (χ1) is 13.8. The molecule has 1 aliphatic heterocycles. The maximum Gasteiger partial charge on any atom is 0.146 e. The van der Waals surface area contributed by atoms with Crippen LogP contribution in [0.4, 0.5) is 0 Å². The van der Waals surface area contributed by atoms with Gasteiger partial charge in [0.2, 0.25) is 0 Å². The van der Waals surface area contributed by atoms with Gasteiger partial charge in [-0.2, -0.15) is 0 Å². The summed E-state index contributed by atoms with van der Waals surface area (Å²) in [5.74, 6) is 0.802. The van der Waals surface area contributed by atoms with E-state index in [0.29, 0.717) is 29.3 Å². The Labute approximate surface area is 172 Å². The smallest absolute Gasteiger partial charge is 0.146 e. The summed E-state index contributed by atoms with van der Waals surface area (Å²) >= 11 is 0. The first-order valence-electron chi connectivity index (χ1n) is 9.17. The first-order valence-corrected chi connectivity index (χ1v) is 9.17. The summed E-state index contributed by atoms with van der Waals surface area (Å²) in [7, 11) is 0. The van der Waals surface area contributed by atoms with E-state index in [4.69, 9.17) is 4.74 Å². The van der Waals surface area contributed by atoms with E-state index in [1.165, 1.54) is 6.34 Å². The summed E-state index contributed by atoms with van der Waals surface area (Å²) in [4.78, 5) is 8.80. The number of hydrogen-bond donors (Lipinski definition) is 0. The van der Waals surface area contributed by atoms with Gasteiger partial charge in [0.1, 0.15) is 23.6 Å². The van der Waals surface area contributed by atoms with E-state index in [0.717, 1.165) is 21.6 Å². The molecule has 0 aromatic heterocycles. The molecule has 29 heavy (non-hydrogen) atoms. The summed E-state index contributed by atoms with van der Waals surface area (Å²) in [5.41, 5.74) is 3.05. The summed E-state index contributed by atoms with van der Waals surface area (Å²) in [5, 5.41) is 1.68. The third kappa shape index (κ3) is 7.43. The lowest BCUT2D eigenvalue weighted by Crippen LogP contribution is -2.10. The number of hydrogen-bond acceptors (Lipinski definition) is 3. The fourth-order valence-electron chi connectivity index (χ4n) is 2.48. The van der Waals surface area contributed by atoms with Crippen molar-refractivity contribution in [2.45, 2.75) is 13.3 Å². The molecule has 0 fully saturated rings. The average molecular weight is 383 g/mol. The fraction of sp³-hybridized carbons (Fsp3) is 0.0769. The quantitative estimate of drug-likeness (QED) is 0.685. The molecule has 0 spiro atoms. The van der Waals surface area contributed by atoms with E-state index in [9.17, 15) is 0 Å². The highest BCUT2D eigenvalue weighted by Gasteiger charge is 2.10. The van der Waals surface area contributed by atoms with Crippen molar-refractivity contribution in [1.82, 2.24) is 0 Å². The molecule has 1 heterocycles. The summed E-state index contributed by atoms with van der Waals surface area (Å²) in [6, 6.07) is 11.6. The van der Waals surface area contributed by atoms with Crippen molar-refractivity contribution in [3.63, 3.8) is 0 Å². The molecule has 0 N–H and O–H groups in total. The van der Waals surface area contributed by atoms with Crippen molar-refractivity contribution in [1.29, 1.82) is 0 Å². The van der Waals surface area contributed by atoms with E-state index >= 15 is 0 Å². The van der Waals surface area contributed by atoms with Gasteiger partial charge in [0.25, 0.3) is 0 Å². The van der Waals surface area contributed by atoms with Crippen molar-refractivity contribution in [2.24, 2.45) is 9.98 Å². The molecule has 1 aromatic carbocycles. The van der Waals surface area contributed by atoms with E-state index in [-0.39, 0.29) is 0 Å². The van der Waals surface area contributed by atoms with Crippen LogP contribution < -0.4 is 10.4 Å². The minimum absolute atomic E-state index is 0.350. The highest BCUT2D eigenvalue weighted by molar-refractivity contribution is 6.13. The summed E-state index contributed by atoms with van der Waals surface area (Å²) in [6.45, 7) is 22.1. The Morgan fingerprint density at radius 2 is 1.66 bits per heavy atom. The van der Waals surface area contributed by atoms with Gasteiger partial charge >= 0.3 is 0 Å². The van der Waals surface area contributed by atoms with Crippen molar-refractivity contribution in [2.75, 3.05) is 0 Å². The topological polar surface area (TPSA) is 34.0 Å². The lowest BCUT2D eigenvalue weighted by atomic mass is 10.1. The maximum atomic E-state index is 5.79. The largest absolute Gasteiger partial charge is 0.456 e. The van der Waals surface area contributed by atoms with Gasteiger partial charge in [0.05, 0.1) is 0 Å². The number of aliphatic imine (C=N–C) groups is 2. The second-order valence-corrected chi connectivity index (χ2v) is 6.58. The van der Waals surface area contributed by atoms with Gasteiger partial charge in [-0.05, 0) is 29.5 Å². The molecule has 0 aliphatic carbocycles. The van der Waals surface area contributed by atoms with Gasteiger partial charge in [-0.3, -0.25) is 0 Å². The zero-order valence-corrected chi connectivity index (χ0v) is 16.9. The van der Waals surface area contributed by atoms with E-state index in [1.54, 1.807) is 6.08 Å². The molecule has 3 heteroatoms. The van der Waals surface area contributed by atoms with E-state index < -0.39 is 0 Å². The number of rotatable bonds is 1. The van der Waals surface area contributed by atoms with Gasteiger partial charge in [-0.25, -0.2) is 9.98 Å². The molecule has 1 aromatic rings. The van der Waals surface area contributed by atoms with E-state index in [2.05, 4.69) is 42.9 Å². The molecule has 2 rings (SSSR count). The summed E-state index contributed by atoms with van der Waals surface area (Å²) < 4.78 is 5.79. The van der Waals surface area contributed by atoms with Crippen LogP contribution in [-0.2, 0) is 4.74 Å². The standard InChI is InChI=1S/C26H26N2O/c1-19-12-13-20(2)16-21(3)17-25(15-14-19)26-24(6)29-23(5)11-9-7-8-10-22(4)27-18-28-26/h7-9,11-18H,1,3-6,10H2,2H3/b8-7-,11-9-,13-12?,15-14?,20-16?,25-17?,27-18?,28-26?. The normalized spacial score (nSPS) is 17.0. The molecule has 146 valence electrons. The summed E-state index contributed by atoms with van der Waals surface area (Å²) in [6.07, 6.45) is 9.52. The van der Waals surface area contributed by atoms with Crippen molar-refractivity contribution < 1.29 is 4.74 Å². The van der Waals surface area contributed by atoms with E-state index in [1.807, 2.05) is 61.5 Å². The number of allylic oxidation sites excluding steroid dienone is 5. The molecule has 0 amide bonds. The average Bonchev–Trinajstić information content (AvgIpc) is 2.66. The molecule has 0 bridgehead atoms.